The predicted octanol–water partition coefficient (Wildman–Crippen LogP) is 1.87. The molecule has 0 aliphatic heterocycles. The molecular formula is C12H14N2O6S. The van der Waals surface area contributed by atoms with Gasteiger partial charge in [0, 0.05) is 11.6 Å². The van der Waals surface area contributed by atoms with Gasteiger partial charge in [-0.05, 0) is 32.3 Å². The largest absolute Gasteiger partial charge is 0.446 e. The number of ether oxygens (including phenoxy) is 1. The molecule has 0 spiro atoms. The Labute approximate surface area is 121 Å². The number of amides is 1. The minimum Gasteiger partial charge on any atom is -0.446 e. The number of carbonyl (C=O) groups is 1. The van der Waals surface area contributed by atoms with Crippen molar-refractivity contribution in [3.63, 3.8) is 0 Å². The van der Waals surface area contributed by atoms with E-state index in [1.165, 1.54) is 19.1 Å². The molecule has 1 amide bonds. The van der Waals surface area contributed by atoms with Crippen LogP contribution in [0.5, 0.6) is 0 Å². The molecule has 1 aliphatic rings. The van der Waals surface area contributed by atoms with Gasteiger partial charge in [0.25, 0.3) is 15.7 Å². The fourth-order valence-electron chi connectivity index (χ4n) is 1.79. The Morgan fingerprint density at radius 1 is 1.43 bits per heavy atom. The number of aryl methyl sites for hydroxylation is 1. The van der Waals surface area contributed by atoms with Gasteiger partial charge < -0.3 is 4.74 Å². The molecule has 8 nitrogen and oxygen atoms in total. The normalized spacial score (nSPS) is 15.1. The van der Waals surface area contributed by atoms with Gasteiger partial charge in [0.1, 0.15) is 6.10 Å². The van der Waals surface area contributed by atoms with E-state index in [0.717, 1.165) is 12.5 Å². The van der Waals surface area contributed by atoms with E-state index in [-0.39, 0.29) is 16.7 Å². The third-order valence-corrected chi connectivity index (χ3v) is 4.54. The highest BCUT2D eigenvalue weighted by atomic mass is 32.2. The molecule has 114 valence electrons. The maximum Gasteiger partial charge on any atom is 0.421 e. The molecule has 9 heteroatoms. The summed E-state index contributed by atoms with van der Waals surface area (Å²) >= 11 is 0. The number of nitro benzene ring substituents is 1. The van der Waals surface area contributed by atoms with Crippen LogP contribution in [0.3, 0.4) is 0 Å². The van der Waals surface area contributed by atoms with E-state index in [0.29, 0.717) is 18.4 Å². The number of sulfonamides is 1. The zero-order valence-electron chi connectivity index (χ0n) is 11.2. The Kier molecular flexibility index (Phi) is 4.12. The van der Waals surface area contributed by atoms with E-state index in [1.807, 2.05) is 0 Å². The quantitative estimate of drug-likeness (QED) is 0.670. The molecule has 0 aromatic heterocycles. The standard InChI is InChI=1S/C12H14N2O6S/c1-8-5-6-10(7-11(8)14(16)17)21(18,19)13-12(15)20-9-3-2-4-9/h5-7,9H,2-4H2,1H3,(H,13,15). The lowest BCUT2D eigenvalue weighted by molar-refractivity contribution is -0.385. The Hall–Kier alpha value is -2.16. The zero-order chi connectivity index (χ0) is 15.6. The van der Waals surface area contributed by atoms with Crippen LogP contribution in [0.15, 0.2) is 23.1 Å². The number of hydrogen-bond acceptors (Lipinski definition) is 6. The molecule has 1 aliphatic carbocycles. The molecule has 0 saturated heterocycles. The Morgan fingerprint density at radius 2 is 2.10 bits per heavy atom. The van der Waals surface area contributed by atoms with Gasteiger partial charge >= 0.3 is 6.09 Å². The second-order valence-electron chi connectivity index (χ2n) is 4.77. The minimum atomic E-state index is -4.19. The average molecular weight is 314 g/mol. The fourth-order valence-corrected chi connectivity index (χ4v) is 2.69. The molecule has 1 N–H and O–H groups in total. The van der Waals surface area contributed by atoms with Gasteiger partial charge in [0.15, 0.2) is 0 Å². The van der Waals surface area contributed by atoms with Gasteiger partial charge in [-0.15, -0.1) is 0 Å². The minimum absolute atomic E-state index is 0.257. The number of benzene rings is 1. The van der Waals surface area contributed by atoms with Crippen molar-refractivity contribution in [1.82, 2.24) is 4.72 Å². The highest BCUT2D eigenvalue weighted by Crippen LogP contribution is 2.23. The molecule has 0 heterocycles. The molecule has 0 atom stereocenters. The van der Waals surface area contributed by atoms with Crippen molar-refractivity contribution in [2.45, 2.75) is 37.2 Å². The average Bonchev–Trinajstić information content (AvgIpc) is 2.33. The van der Waals surface area contributed by atoms with Gasteiger partial charge in [-0.2, -0.15) is 0 Å². The predicted molar refractivity (Wildman–Crippen MR) is 72.3 cm³/mol. The SMILES string of the molecule is Cc1ccc(S(=O)(=O)NC(=O)OC2CCC2)cc1[N+](=O)[O-]. The van der Waals surface area contributed by atoms with E-state index >= 15 is 0 Å². The summed E-state index contributed by atoms with van der Waals surface area (Å²) in [7, 11) is -4.19. The topological polar surface area (TPSA) is 116 Å². The molecule has 0 bridgehead atoms. The number of hydrogen-bond donors (Lipinski definition) is 1. The molecule has 0 unspecified atom stereocenters. The summed E-state index contributed by atoms with van der Waals surface area (Å²) in [5.41, 5.74) is 0.00114. The summed E-state index contributed by atoms with van der Waals surface area (Å²) in [6.45, 7) is 1.49. The number of carbonyl (C=O) groups excluding carboxylic acids is 1. The van der Waals surface area contributed by atoms with E-state index in [4.69, 9.17) is 4.74 Å². The summed E-state index contributed by atoms with van der Waals surface area (Å²) in [4.78, 5) is 21.3. The van der Waals surface area contributed by atoms with Gasteiger partial charge in [-0.25, -0.2) is 17.9 Å². The molecular weight excluding hydrogens is 300 g/mol. The maximum atomic E-state index is 12.0. The van der Waals surface area contributed by atoms with Gasteiger partial charge in [-0.1, -0.05) is 6.07 Å². The zero-order valence-corrected chi connectivity index (χ0v) is 12.1. The summed E-state index contributed by atoms with van der Waals surface area (Å²) < 4.78 is 30.6. The van der Waals surface area contributed by atoms with Crippen LogP contribution in [0.4, 0.5) is 10.5 Å². The molecule has 21 heavy (non-hydrogen) atoms. The lowest BCUT2D eigenvalue weighted by Crippen LogP contribution is -2.36. The van der Waals surface area contributed by atoms with Gasteiger partial charge in [-0.3, -0.25) is 10.1 Å². The van der Waals surface area contributed by atoms with E-state index < -0.39 is 21.0 Å². The highest BCUT2D eigenvalue weighted by molar-refractivity contribution is 7.90. The lowest BCUT2D eigenvalue weighted by Gasteiger charge is -2.24. The van der Waals surface area contributed by atoms with Crippen molar-refractivity contribution in [1.29, 1.82) is 0 Å². The Bertz CT molecular complexity index is 681. The van der Waals surface area contributed by atoms with Crippen LogP contribution < -0.4 is 4.72 Å². The first-order valence-electron chi connectivity index (χ1n) is 6.28. The number of rotatable bonds is 4. The summed E-state index contributed by atoms with van der Waals surface area (Å²) in [6, 6.07) is 3.42. The van der Waals surface area contributed by atoms with Gasteiger partial charge in [0.2, 0.25) is 0 Å². The number of nitrogens with one attached hydrogen (secondary N) is 1. The van der Waals surface area contributed by atoms with Crippen LogP contribution in [-0.2, 0) is 14.8 Å². The highest BCUT2D eigenvalue weighted by Gasteiger charge is 2.26. The second-order valence-corrected chi connectivity index (χ2v) is 6.45. The van der Waals surface area contributed by atoms with Crippen molar-refractivity contribution >= 4 is 21.8 Å². The second kappa shape index (κ2) is 5.68. The molecule has 1 fully saturated rings. The number of nitrogens with zero attached hydrogens (tertiary/aromatic N) is 1. The summed E-state index contributed by atoms with van der Waals surface area (Å²) in [5.74, 6) is 0. The maximum absolute atomic E-state index is 12.0. The van der Waals surface area contributed by atoms with Crippen LogP contribution in [0.2, 0.25) is 0 Å². The first-order valence-corrected chi connectivity index (χ1v) is 7.76. The van der Waals surface area contributed by atoms with Crippen molar-refractivity contribution in [3.8, 4) is 0 Å². The molecule has 1 aromatic rings. The molecule has 1 saturated carbocycles. The van der Waals surface area contributed by atoms with Crippen LogP contribution in [0, 0.1) is 17.0 Å². The smallest absolute Gasteiger partial charge is 0.421 e. The van der Waals surface area contributed by atoms with Crippen molar-refractivity contribution < 1.29 is 22.9 Å². The van der Waals surface area contributed by atoms with Crippen molar-refractivity contribution in [3.05, 3.63) is 33.9 Å². The van der Waals surface area contributed by atoms with E-state index in [2.05, 4.69) is 0 Å². The van der Waals surface area contributed by atoms with Gasteiger partial charge in [0.05, 0.1) is 9.82 Å². The lowest BCUT2D eigenvalue weighted by atomic mass is 9.96. The monoisotopic (exact) mass is 314 g/mol. The number of nitro groups is 1. The summed E-state index contributed by atoms with van der Waals surface area (Å²) in [5, 5.41) is 10.8. The third kappa shape index (κ3) is 3.48. The van der Waals surface area contributed by atoms with Crippen LogP contribution >= 0.6 is 0 Å². The Morgan fingerprint density at radius 3 is 2.62 bits per heavy atom. The molecule has 0 radical (unpaired) electrons. The fraction of sp³-hybridized carbons (Fsp3) is 0.417. The van der Waals surface area contributed by atoms with E-state index in [9.17, 15) is 23.3 Å². The summed E-state index contributed by atoms with van der Waals surface area (Å²) in [6.07, 6.45) is 1.04. The third-order valence-electron chi connectivity index (χ3n) is 3.23. The van der Waals surface area contributed by atoms with Crippen molar-refractivity contribution in [2.24, 2.45) is 0 Å². The van der Waals surface area contributed by atoms with Crippen LogP contribution in [0.1, 0.15) is 24.8 Å². The van der Waals surface area contributed by atoms with Crippen molar-refractivity contribution in [2.75, 3.05) is 0 Å². The van der Waals surface area contributed by atoms with Crippen LogP contribution in [-0.4, -0.2) is 25.5 Å². The molecule has 2 rings (SSSR count). The Balaban J connectivity index is 2.16. The molecule has 1 aromatic carbocycles. The first kappa shape index (κ1) is 15.2. The van der Waals surface area contributed by atoms with Crippen LogP contribution in [0.25, 0.3) is 0 Å². The van der Waals surface area contributed by atoms with E-state index in [1.54, 1.807) is 4.72 Å². The first-order chi connectivity index (χ1) is 9.79.